The molecule has 1 unspecified atom stereocenters. The Balaban J connectivity index is 1.24. The predicted octanol–water partition coefficient (Wildman–Crippen LogP) is 7.55. The van der Waals surface area contributed by atoms with Crippen LogP contribution in [0.25, 0.3) is 10.8 Å². The fourth-order valence-electron chi connectivity index (χ4n) is 7.65. The molecule has 0 N–H and O–H groups in total. The lowest BCUT2D eigenvalue weighted by Crippen LogP contribution is -2.47. The maximum Gasteiger partial charge on any atom is 0.328 e. The first-order chi connectivity index (χ1) is 24.9. The third-order valence-electron chi connectivity index (χ3n) is 10.0. The van der Waals surface area contributed by atoms with Crippen LogP contribution in [0.2, 0.25) is 0 Å². The molecule has 1 fully saturated rings. The lowest BCUT2D eigenvalue weighted by atomic mass is 9.76. The number of hydrogen-bond donors (Lipinski definition) is 0. The van der Waals surface area contributed by atoms with E-state index in [0.717, 1.165) is 33.2 Å². The fraction of sp³-hybridized carbons (Fsp3) is 0.209. The van der Waals surface area contributed by atoms with E-state index in [1.165, 1.54) is 9.80 Å². The van der Waals surface area contributed by atoms with Gasteiger partial charge in [-0.25, -0.2) is 9.78 Å². The van der Waals surface area contributed by atoms with Crippen molar-refractivity contribution < 1.29 is 19.1 Å². The number of fused-ring (bicyclic) bond motifs is 1. The topological polar surface area (TPSA) is 84.7 Å². The van der Waals surface area contributed by atoms with Crippen molar-refractivity contribution >= 4 is 28.7 Å². The molecule has 8 heteroatoms. The molecule has 7 rings (SSSR count). The molecule has 51 heavy (non-hydrogen) atoms. The molecule has 1 aliphatic rings. The van der Waals surface area contributed by atoms with Crippen LogP contribution in [0.4, 0.5) is 4.79 Å². The Morgan fingerprint density at radius 2 is 1.33 bits per heavy atom. The fourth-order valence-corrected chi connectivity index (χ4v) is 7.65. The van der Waals surface area contributed by atoms with Crippen molar-refractivity contribution in [3.8, 4) is 0 Å². The summed E-state index contributed by atoms with van der Waals surface area (Å²) >= 11 is 0. The molecule has 0 saturated carbocycles. The minimum Gasteiger partial charge on any atom is -0.465 e. The highest BCUT2D eigenvalue weighted by Crippen LogP contribution is 2.43. The van der Waals surface area contributed by atoms with Gasteiger partial charge in [0.2, 0.25) is 0 Å². The van der Waals surface area contributed by atoms with Gasteiger partial charge in [0.25, 0.3) is 5.91 Å². The number of carbonyl (C=O) groups excluding carboxylic acids is 3. The van der Waals surface area contributed by atoms with E-state index in [9.17, 15) is 14.4 Å². The standard InChI is InChI=1S/C43H40N4O4/c1-3-51-39(48)30-46-41(50)45(40(49)42(46,2)38-27-15-18-32-17-13-14-26-37(32)38)28-16-25-36-29-44-31-47(36)43(33-19-7-4-8-20-33,34-21-9-5-10-22-34)35-23-11-6-12-24-35/h4-15,17-24,26-27,29,31H,3,16,25,28,30H2,1-2H3. The number of urea groups is 1. The van der Waals surface area contributed by atoms with Crippen LogP contribution >= 0.6 is 0 Å². The average Bonchev–Trinajstić information content (AvgIpc) is 3.71. The Morgan fingerprint density at radius 3 is 1.94 bits per heavy atom. The molecular weight excluding hydrogens is 636 g/mol. The zero-order valence-electron chi connectivity index (χ0n) is 28.8. The summed E-state index contributed by atoms with van der Waals surface area (Å²) in [5, 5.41) is 1.79. The van der Waals surface area contributed by atoms with E-state index in [-0.39, 0.29) is 25.6 Å². The van der Waals surface area contributed by atoms with Crippen LogP contribution in [0.3, 0.4) is 0 Å². The molecule has 0 radical (unpaired) electrons. The highest BCUT2D eigenvalue weighted by molar-refractivity contribution is 6.10. The summed E-state index contributed by atoms with van der Waals surface area (Å²) in [5.74, 6) is -0.927. The van der Waals surface area contributed by atoms with Crippen molar-refractivity contribution in [2.75, 3.05) is 19.7 Å². The van der Waals surface area contributed by atoms with Gasteiger partial charge >= 0.3 is 12.0 Å². The summed E-state index contributed by atoms with van der Waals surface area (Å²) in [7, 11) is 0. The van der Waals surface area contributed by atoms with Crippen molar-refractivity contribution in [1.29, 1.82) is 0 Å². The average molecular weight is 677 g/mol. The van der Waals surface area contributed by atoms with Gasteiger partial charge in [0, 0.05) is 18.4 Å². The molecule has 0 bridgehead atoms. The number of aryl methyl sites for hydroxylation is 1. The molecule has 3 amide bonds. The Morgan fingerprint density at radius 1 is 0.765 bits per heavy atom. The lowest BCUT2D eigenvalue weighted by Gasteiger charge is -2.38. The highest BCUT2D eigenvalue weighted by Gasteiger charge is 2.56. The van der Waals surface area contributed by atoms with Crippen LogP contribution in [0, 0.1) is 0 Å². The summed E-state index contributed by atoms with van der Waals surface area (Å²) in [5.41, 5.74) is 2.70. The first-order valence-electron chi connectivity index (χ1n) is 17.4. The van der Waals surface area contributed by atoms with Crippen LogP contribution in [-0.4, -0.2) is 57.0 Å². The zero-order chi connectivity index (χ0) is 35.4. The normalized spacial score (nSPS) is 16.2. The Kier molecular flexibility index (Phi) is 9.24. The van der Waals surface area contributed by atoms with Crippen LogP contribution in [0.15, 0.2) is 146 Å². The largest absolute Gasteiger partial charge is 0.465 e. The van der Waals surface area contributed by atoms with Gasteiger partial charge < -0.3 is 9.30 Å². The second-order valence-electron chi connectivity index (χ2n) is 12.9. The van der Waals surface area contributed by atoms with Gasteiger partial charge in [-0.05, 0) is 59.7 Å². The first-order valence-corrected chi connectivity index (χ1v) is 17.4. The van der Waals surface area contributed by atoms with E-state index in [1.807, 2.05) is 110 Å². The van der Waals surface area contributed by atoms with Crippen LogP contribution in [0.5, 0.6) is 0 Å². The van der Waals surface area contributed by atoms with Gasteiger partial charge in [0.15, 0.2) is 0 Å². The first kappa shape index (κ1) is 33.5. The molecule has 6 aromatic rings. The summed E-state index contributed by atoms with van der Waals surface area (Å²) in [6.07, 6.45) is 4.75. The molecular formula is C43H40N4O4. The van der Waals surface area contributed by atoms with Gasteiger partial charge in [-0.2, -0.15) is 0 Å². The minimum absolute atomic E-state index is 0.164. The van der Waals surface area contributed by atoms with Crippen LogP contribution in [0.1, 0.15) is 48.2 Å². The van der Waals surface area contributed by atoms with Gasteiger partial charge in [-0.1, -0.05) is 133 Å². The van der Waals surface area contributed by atoms with E-state index in [0.29, 0.717) is 18.4 Å². The molecule has 0 aliphatic carbocycles. The van der Waals surface area contributed by atoms with Gasteiger partial charge in [0.05, 0.1) is 12.9 Å². The number of benzene rings is 5. The maximum atomic E-state index is 14.5. The number of esters is 1. The summed E-state index contributed by atoms with van der Waals surface area (Å²) in [6, 6.07) is 44.1. The van der Waals surface area contributed by atoms with E-state index in [4.69, 9.17) is 4.74 Å². The molecule has 5 aromatic carbocycles. The van der Waals surface area contributed by atoms with Gasteiger partial charge in [-0.15, -0.1) is 0 Å². The van der Waals surface area contributed by atoms with Crippen molar-refractivity contribution in [3.63, 3.8) is 0 Å². The molecule has 1 aliphatic heterocycles. The van der Waals surface area contributed by atoms with Crippen molar-refractivity contribution in [3.05, 3.63) is 174 Å². The number of imidazole rings is 1. The van der Waals surface area contributed by atoms with Crippen molar-refractivity contribution in [2.24, 2.45) is 0 Å². The van der Waals surface area contributed by atoms with Crippen molar-refractivity contribution in [2.45, 2.75) is 37.8 Å². The quantitative estimate of drug-likeness (QED) is 0.0760. The molecule has 1 saturated heterocycles. The third kappa shape index (κ3) is 5.76. The second-order valence-corrected chi connectivity index (χ2v) is 12.9. The second kappa shape index (κ2) is 14.1. The molecule has 2 heterocycles. The third-order valence-corrected chi connectivity index (χ3v) is 10.0. The van der Waals surface area contributed by atoms with E-state index in [2.05, 4.69) is 45.9 Å². The van der Waals surface area contributed by atoms with Gasteiger partial charge in [0.1, 0.15) is 17.6 Å². The van der Waals surface area contributed by atoms with Crippen LogP contribution in [-0.2, 0) is 31.8 Å². The number of ether oxygens (including phenoxy) is 1. The van der Waals surface area contributed by atoms with Crippen molar-refractivity contribution in [1.82, 2.24) is 19.4 Å². The molecule has 256 valence electrons. The van der Waals surface area contributed by atoms with E-state index < -0.39 is 23.1 Å². The number of aromatic nitrogens is 2. The monoisotopic (exact) mass is 676 g/mol. The Labute approximate surface area is 297 Å². The number of imide groups is 1. The number of amides is 3. The smallest absolute Gasteiger partial charge is 0.328 e. The number of carbonyl (C=O) groups is 3. The molecule has 1 aromatic heterocycles. The predicted molar refractivity (Wildman–Crippen MR) is 197 cm³/mol. The van der Waals surface area contributed by atoms with Crippen LogP contribution < -0.4 is 0 Å². The summed E-state index contributed by atoms with van der Waals surface area (Å²) in [6.45, 7) is 3.45. The van der Waals surface area contributed by atoms with Gasteiger partial charge in [-0.3, -0.25) is 19.4 Å². The summed E-state index contributed by atoms with van der Waals surface area (Å²) in [4.78, 5) is 48.8. The molecule has 1 atom stereocenters. The summed E-state index contributed by atoms with van der Waals surface area (Å²) < 4.78 is 7.47. The minimum atomic E-state index is -1.41. The Bertz CT molecular complexity index is 2060. The van der Waals surface area contributed by atoms with E-state index in [1.54, 1.807) is 13.8 Å². The van der Waals surface area contributed by atoms with E-state index >= 15 is 0 Å². The molecule has 0 spiro atoms. The Hall–Kier alpha value is -6.02. The SMILES string of the molecule is CCOC(=O)CN1C(=O)N(CCCc2cncn2C(c2ccccc2)(c2ccccc2)c2ccccc2)C(=O)C1(C)c1cccc2ccccc12. The number of nitrogens with zero attached hydrogens (tertiary/aromatic N) is 4. The lowest BCUT2D eigenvalue weighted by molar-refractivity contribution is -0.145. The maximum absolute atomic E-state index is 14.5. The molecule has 8 nitrogen and oxygen atoms in total. The number of rotatable bonds is 12. The highest BCUT2D eigenvalue weighted by atomic mass is 16.5. The number of hydrogen-bond acceptors (Lipinski definition) is 5. The zero-order valence-corrected chi connectivity index (χ0v) is 28.8.